The summed E-state index contributed by atoms with van der Waals surface area (Å²) in [6, 6.07) is 21.9. The number of benzene rings is 3. The van der Waals surface area contributed by atoms with Crippen molar-refractivity contribution in [1.82, 2.24) is 0 Å². The van der Waals surface area contributed by atoms with Crippen LogP contribution in [0.15, 0.2) is 85.5 Å². The largest absolute Gasteiger partial charge is 0.494 e. The molecule has 0 aliphatic heterocycles. The molecule has 10 heteroatoms. The van der Waals surface area contributed by atoms with Gasteiger partial charge in [0.15, 0.2) is 6.11 Å². The number of hydrogen-bond acceptors (Lipinski definition) is 10. The third-order valence-corrected chi connectivity index (χ3v) is 7.15. The van der Waals surface area contributed by atoms with Crippen LogP contribution in [0.5, 0.6) is 17.2 Å². The molecule has 0 radical (unpaired) electrons. The first kappa shape index (κ1) is 41.4. The van der Waals surface area contributed by atoms with Gasteiger partial charge in [-0.2, -0.15) is 4.89 Å². The number of carbonyl (C=O) groups is 2. The zero-order valence-electron chi connectivity index (χ0n) is 28.0. The van der Waals surface area contributed by atoms with Crippen molar-refractivity contribution in [3.05, 3.63) is 102 Å². The number of ether oxygens (including phenoxy) is 4. The molecule has 0 aliphatic rings. The average Bonchev–Trinajstić information content (AvgIpc) is 3.13. The number of rotatable bonds is 26. The molecule has 0 saturated carbocycles. The molecule has 0 fully saturated rings. The number of carbonyl (C=O) groups excluding carboxylic acids is 2. The molecule has 270 valence electrons. The van der Waals surface area contributed by atoms with Crippen LogP contribution in [0.2, 0.25) is 0 Å². The Morgan fingerprint density at radius 3 is 1.76 bits per heavy atom. The van der Waals surface area contributed by atoms with E-state index in [9.17, 15) is 9.59 Å². The molecular formula is C40H50O10. The fourth-order valence-electron chi connectivity index (χ4n) is 4.45. The molecule has 3 aromatic rings. The summed E-state index contributed by atoms with van der Waals surface area (Å²) in [5.41, 5.74) is 2.43. The third-order valence-electron chi connectivity index (χ3n) is 7.15. The first-order valence-corrected chi connectivity index (χ1v) is 16.6. The Morgan fingerprint density at radius 2 is 1.16 bits per heavy atom. The van der Waals surface area contributed by atoms with E-state index >= 15 is 0 Å². The molecule has 0 spiro atoms. The Labute approximate surface area is 296 Å². The number of terminal acetylenes is 1. The van der Waals surface area contributed by atoms with Crippen molar-refractivity contribution >= 4 is 11.9 Å². The van der Waals surface area contributed by atoms with Crippen molar-refractivity contribution in [2.45, 2.75) is 71.8 Å². The van der Waals surface area contributed by atoms with Gasteiger partial charge in [-0.05, 0) is 111 Å². The third kappa shape index (κ3) is 18.1. The zero-order chi connectivity index (χ0) is 34.8. The normalized spacial score (nSPS) is 10.3. The summed E-state index contributed by atoms with van der Waals surface area (Å²) in [6.45, 7) is 6.18. The lowest BCUT2D eigenvalue weighted by molar-refractivity contribution is -0.303. The molecule has 0 aliphatic carbocycles. The van der Waals surface area contributed by atoms with Crippen molar-refractivity contribution in [3.63, 3.8) is 0 Å². The van der Waals surface area contributed by atoms with Gasteiger partial charge in [-0.25, -0.2) is 19.4 Å². The van der Waals surface area contributed by atoms with Gasteiger partial charge in [-0.1, -0.05) is 51.1 Å². The molecule has 0 unspecified atom stereocenters. The van der Waals surface area contributed by atoms with E-state index in [0.29, 0.717) is 63.1 Å². The summed E-state index contributed by atoms with van der Waals surface area (Å²) >= 11 is 0. The van der Waals surface area contributed by atoms with Crippen molar-refractivity contribution in [2.75, 3.05) is 33.0 Å². The maximum Gasteiger partial charge on any atom is 0.343 e. The van der Waals surface area contributed by atoms with Gasteiger partial charge >= 0.3 is 11.9 Å². The van der Waals surface area contributed by atoms with Crippen molar-refractivity contribution < 1.29 is 48.1 Å². The van der Waals surface area contributed by atoms with Crippen LogP contribution in [0.3, 0.4) is 0 Å². The fraction of sp³-hybridized carbons (Fsp3) is 0.400. The molecule has 0 heterocycles. The molecule has 0 saturated heterocycles. The topological polar surface area (TPSA) is 108 Å². The summed E-state index contributed by atoms with van der Waals surface area (Å²) in [5, 5.41) is 0. The van der Waals surface area contributed by atoms with Crippen molar-refractivity contribution in [2.24, 2.45) is 0 Å². The van der Waals surface area contributed by atoms with Crippen LogP contribution in [0, 0.1) is 12.5 Å². The minimum absolute atomic E-state index is 0. The summed E-state index contributed by atoms with van der Waals surface area (Å²) in [5.74, 6) is 1.11. The first-order chi connectivity index (χ1) is 24.1. The Kier molecular flexibility index (Phi) is 21.6. The van der Waals surface area contributed by atoms with E-state index in [1.54, 1.807) is 36.4 Å². The minimum atomic E-state index is -0.446. The Balaban J connectivity index is 0.00000867. The number of esters is 2. The molecule has 0 bridgehead atoms. The van der Waals surface area contributed by atoms with Gasteiger partial charge in [0, 0.05) is 6.08 Å². The average molecular weight is 691 g/mol. The van der Waals surface area contributed by atoms with Gasteiger partial charge in [0.05, 0.1) is 38.6 Å². The van der Waals surface area contributed by atoms with E-state index in [0.717, 1.165) is 74.3 Å². The first-order valence-electron chi connectivity index (χ1n) is 16.6. The Bertz CT molecular complexity index is 1400. The van der Waals surface area contributed by atoms with Crippen molar-refractivity contribution in [3.8, 4) is 29.8 Å². The predicted molar refractivity (Wildman–Crippen MR) is 190 cm³/mol. The molecule has 10 nitrogen and oxygen atoms in total. The molecule has 0 N–H and O–H groups in total. The Morgan fingerprint density at radius 1 is 0.620 bits per heavy atom. The lowest BCUT2D eigenvalue weighted by Crippen LogP contribution is -2.08. The zero-order valence-corrected chi connectivity index (χ0v) is 28.0. The highest BCUT2D eigenvalue weighted by molar-refractivity contribution is 5.91. The Hall–Kier alpha value is -4.82. The van der Waals surface area contributed by atoms with Crippen LogP contribution < -0.4 is 14.2 Å². The van der Waals surface area contributed by atoms with Gasteiger partial charge in [-0.3, -0.25) is 4.89 Å². The van der Waals surface area contributed by atoms with Crippen LogP contribution in [-0.4, -0.2) is 45.0 Å². The highest BCUT2D eigenvalue weighted by Gasteiger charge is 2.09. The molecular weight excluding hydrogens is 640 g/mol. The highest BCUT2D eigenvalue weighted by Crippen LogP contribution is 2.18. The number of unbranched alkanes of at least 4 members (excludes halogenated alkanes) is 6. The standard InChI is InChI=1S/C39H46O10.CH4/c1-3-38(40)44-28-11-6-5-9-27-43-36-23-17-34(18-24-36)39(41)49-37-21-13-32(14-22-37)25-30-47-48-31-33-15-19-35(20-16-33)42-26-10-7-8-12-29-46-45-4-2;/h2-3,13-24H,1,5-12,25-31H2;1H4. The van der Waals surface area contributed by atoms with Crippen molar-refractivity contribution in [1.29, 1.82) is 0 Å². The second kappa shape index (κ2) is 26.1. The predicted octanol–water partition coefficient (Wildman–Crippen LogP) is 8.38. The van der Waals surface area contributed by atoms with Gasteiger partial charge in [-0.15, -0.1) is 0 Å². The van der Waals surface area contributed by atoms with Crippen LogP contribution in [0.1, 0.15) is 80.3 Å². The van der Waals surface area contributed by atoms with E-state index in [1.165, 1.54) is 0 Å². The quantitative estimate of drug-likeness (QED) is 0.0155. The van der Waals surface area contributed by atoms with Gasteiger partial charge in [0.1, 0.15) is 23.9 Å². The molecule has 50 heavy (non-hydrogen) atoms. The fourth-order valence-corrected chi connectivity index (χ4v) is 4.45. The molecule has 0 amide bonds. The maximum atomic E-state index is 12.6. The van der Waals surface area contributed by atoms with Crippen LogP contribution >= 0.6 is 0 Å². The smallest absolute Gasteiger partial charge is 0.343 e. The summed E-state index contributed by atoms with van der Waals surface area (Å²) < 4.78 is 22.0. The van der Waals surface area contributed by atoms with Gasteiger partial charge in [0.2, 0.25) is 0 Å². The van der Waals surface area contributed by atoms with E-state index < -0.39 is 11.9 Å². The van der Waals surface area contributed by atoms with Crippen LogP contribution in [0.4, 0.5) is 0 Å². The monoisotopic (exact) mass is 690 g/mol. The van der Waals surface area contributed by atoms with E-state index in [1.807, 2.05) is 42.5 Å². The maximum absolute atomic E-state index is 12.6. The van der Waals surface area contributed by atoms with E-state index in [2.05, 4.69) is 11.5 Å². The van der Waals surface area contributed by atoms with Crippen LogP contribution in [-0.2, 0) is 42.1 Å². The SMILES string of the molecule is C.C#COOCCCCCCOc1ccc(COOCCc2ccc(OC(=O)c3ccc(OCCCCCCOC(=O)C=C)cc3)cc2)cc1. The van der Waals surface area contributed by atoms with E-state index in [-0.39, 0.29) is 7.43 Å². The molecule has 3 rings (SSSR count). The van der Waals surface area contributed by atoms with Gasteiger partial charge < -0.3 is 18.9 Å². The van der Waals surface area contributed by atoms with Gasteiger partial charge in [0.25, 0.3) is 0 Å². The molecule has 0 atom stereocenters. The molecule has 0 aromatic heterocycles. The second-order valence-corrected chi connectivity index (χ2v) is 11.0. The second-order valence-electron chi connectivity index (χ2n) is 11.0. The number of hydrogen-bond donors (Lipinski definition) is 0. The molecule has 3 aromatic carbocycles. The summed E-state index contributed by atoms with van der Waals surface area (Å²) in [4.78, 5) is 43.5. The van der Waals surface area contributed by atoms with E-state index in [4.69, 9.17) is 40.0 Å². The summed E-state index contributed by atoms with van der Waals surface area (Å²) in [7, 11) is 0. The summed E-state index contributed by atoms with van der Waals surface area (Å²) in [6.07, 6.45) is 16.2. The lowest BCUT2D eigenvalue weighted by atomic mass is 10.1. The van der Waals surface area contributed by atoms with Crippen LogP contribution in [0.25, 0.3) is 0 Å². The minimum Gasteiger partial charge on any atom is -0.494 e. The lowest BCUT2D eigenvalue weighted by Gasteiger charge is -2.09. The highest BCUT2D eigenvalue weighted by atomic mass is 17.2.